The number of oxime groups is 1. The van der Waals surface area contributed by atoms with E-state index < -0.39 is 23.4 Å². The Balaban J connectivity index is 0.000000323. The molecule has 5 N–H and O–H groups in total. The van der Waals surface area contributed by atoms with Gasteiger partial charge in [0.05, 0.1) is 22.5 Å². The lowest BCUT2D eigenvalue weighted by Gasteiger charge is -2.19. The van der Waals surface area contributed by atoms with Crippen molar-refractivity contribution in [3.8, 4) is 6.07 Å². The minimum atomic E-state index is -0.581. The number of hydrogen-bond acceptors (Lipinski definition) is 9. The van der Waals surface area contributed by atoms with Crippen molar-refractivity contribution in [2.45, 2.75) is 52.7 Å². The number of ether oxygens (including phenoxy) is 2. The van der Waals surface area contributed by atoms with Gasteiger partial charge in [-0.3, -0.25) is 10.6 Å². The van der Waals surface area contributed by atoms with E-state index >= 15 is 0 Å². The van der Waals surface area contributed by atoms with Crippen molar-refractivity contribution in [2.24, 2.45) is 10.9 Å². The topological polar surface area (TPSA) is 159 Å². The van der Waals surface area contributed by atoms with Gasteiger partial charge in [-0.2, -0.15) is 5.26 Å². The molecule has 32 heavy (non-hydrogen) atoms. The van der Waals surface area contributed by atoms with Gasteiger partial charge in [0.2, 0.25) is 0 Å². The number of nitriles is 1. The summed E-state index contributed by atoms with van der Waals surface area (Å²) in [7, 11) is 0. The molecule has 0 aliphatic heterocycles. The van der Waals surface area contributed by atoms with Gasteiger partial charge < -0.3 is 20.4 Å². The zero-order chi connectivity index (χ0) is 24.5. The third kappa shape index (κ3) is 9.67. The van der Waals surface area contributed by atoms with Gasteiger partial charge in [-0.25, -0.2) is 9.59 Å². The number of carbonyl (C=O) groups is 2. The van der Waals surface area contributed by atoms with Gasteiger partial charge in [-0.15, -0.1) is 22.7 Å². The Morgan fingerprint density at radius 1 is 0.969 bits per heavy atom. The number of rotatable bonds is 3. The maximum Gasteiger partial charge on any atom is 0.412 e. The van der Waals surface area contributed by atoms with Crippen LogP contribution in [0.25, 0.3) is 0 Å². The average Bonchev–Trinajstić information content (AvgIpc) is 3.27. The van der Waals surface area contributed by atoms with Crippen LogP contribution in [0.15, 0.2) is 26.7 Å². The molecule has 0 atom stereocenters. The fourth-order valence-corrected chi connectivity index (χ4v) is 3.43. The molecule has 2 heterocycles. The first kappa shape index (κ1) is 26.7. The van der Waals surface area contributed by atoms with Crippen LogP contribution in [0, 0.1) is 11.3 Å². The number of nitrogens with one attached hydrogen (secondary N) is 2. The Kier molecular flexibility index (Phi) is 9.49. The number of nitrogens with zero attached hydrogens (tertiary/aromatic N) is 2. The molecule has 0 saturated heterocycles. The van der Waals surface area contributed by atoms with E-state index in [1.165, 1.54) is 22.7 Å². The summed E-state index contributed by atoms with van der Waals surface area (Å²) >= 11 is 2.69. The van der Waals surface area contributed by atoms with Crippen molar-refractivity contribution in [1.29, 1.82) is 5.26 Å². The van der Waals surface area contributed by atoms with Crippen molar-refractivity contribution in [2.75, 3.05) is 10.6 Å². The number of amides is 2. The molecule has 0 aliphatic carbocycles. The van der Waals surface area contributed by atoms with Gasteiger partial charge in [0, 0.05) is 21.5 Å². The van der Waals surface area contributed by atoms with Crippen LogP contribution in [0.5, 0.6) is 0 Å². The second-order valence-corrected chi connectivity index (χ2v) is 9.74. The number of hydrogen-bond donors (Lipinski definition) is 4. The zero-order valence-corrected chi connectivity index (χ0v) is 20.3. The van der Waals surface area contributed by atoms with Crippen molar-refractivity contribution >= 4 is 52.1 Å². The van der Waals surface area contributed by atoms with Crippen molar-refractivity contribution in [1.82, 2.24) is 0 Å². The van der Waals surface area contributed by atoms with E-state index in [0.717, 1.165) is 0 Å². The smallest absolute Gasteiger partial charge is 0.412 e. The van der Waals surface area contributed by atoms with Crippen LogP contribution >= 0.6 is 22.7 Å². The number of carbonyl (C=O) groups excluding carboxylic acids is 2. The first-order valence-corrected chi connectivity index (χ1v) is 11.1. The first-order valence-electron chi connectivity index (χ1n) is 9.26. The molecule has 12 heteroatoms. The molecule has 0 aliphatic rings. The number of amidine groups is 1. The number of anilines is 2. The molecule has 2 rings (SSSR count). The van der Waals surface area contributed by atoms with Gasteiger partial charge >= 0.3 is 12.2 Å². The predicted octanol–water partition coefficient (Wildman–Crippen LogP) is 5.16. The highest BCUT2D eigenvalue weighted by Crippen LogP contribution is 2.22. The summed E-state index contributed by atoms with van der Waals surface area (Å²) in [6, 6.07) is 1.98. The van der Waals surface area contributed by atoms with E-state index in [0.29, 0.717) is 22.5 Å². The lowest BCUT2D eigenvalue weighted by molar-refractivity contribution is 0.0624. The standard InChI is InChI=1S/C10H15N3O3S.C10H12N2O2S/c1-10(2,3)16-9(14)12-7-5-17-4-6(7)8(11)13-15;1-10(2,3)14-9(13)12-8-6-15-5-7(8)4-11/h4-5,15H,1-3H3,(H2,11,13)(H,12,14);5-6H,1-3H3,(H,12,13). The fourth-order valence-electron chi connectivity index (χ4n) is 1.95. The van der Waals surface area contributed by atoms with Gasteiger partial charge in [0.15, 0.2) is 5.84 Å². The summed E-state index contributed by atoms with van der Waals surface area (Å²) in [4.78, 5) is 22.9. The molecular formula is C20H27N5O5S2. The molecule has 0 unspecified atom stereocenters. The minimum absolute atomic E-state index is 0.0580. The quantitative estimate of drug-likeness (QED) is 0.204. The molecule has 10 nitrogen and oxygen atoms in total. The summed E-state index contributed by atoms with van der Waals surface area (Å²) in [5.41, 5.74) is 6.22. The molecule has 0 fully saturated rings. The Morgan fingerprint density at radius 2 is 1.44 bits per heavy atom. The monoisotopic (exact) mass is 481 g/mol. The largest absolute Gasteiger partial charge is 0.444 e. The molecular weight excluding hydrogens is 454 g/mol. The van der Waals surface area contributed by atoms with Gasteiger partial charge in [0.25, 0.3) is 0 Å². The molecule has 174 valence electrons. The number of nitrogens with two attached hydrogens (primary N) is 1. The Morgan fingerprint density at radius 3 is 1.91 bits per heavy atom. The summed E-state index contributed by atoms with van der Waals surface area (Å²) in [6.45, 7) is 10.7. The average molecular weight is 482 g/mol. The molecule has 0 radical (unpaired) electrons. The maximum absolute atomic E-state index is 11.5. The van der Waals surface area contributed by atoms with Crippen LogP contribution in [0.4, 0.5) is 21.0 Å². The molecule has 0 aromatic carbocycles. The normalized spacial score (nSPS) is 11.5. The molecule has 2 amide bonds. The highest BCUT2D eigenvalue weighted by atomic mass is 32.1. The van der Waals surface area contributed by atoms with Crippen LogP contribution in [0.3, 0.4) is 0 Å². The van der Waals surface area contributed by atoms with E-state index in [2.05, 4.69) is 15.8 Å². The van der Waals surface area contributed by atoms with E-state index in [4.69, 9.17) is 25.7 Å². The molecule has 2 aromatic rings. The molecule has 0 spiro atoms. The van der Waals surface area contributed by atoms with Crippen LogP contribution in [-0.2, 0) is 9.47 Å². The summed E-state index contributed by atoms with van der Waals surface area (Å²) < 4.78 is 10.1. The second kappa shape index (κ2) is 11.4. The van der Waals surface area contributed by atoms with E-state index in [-0.39, 0.29) is 5.84 Å². The first-order chi connectivity index (χ1) is 14.8. The fraction of sp³-hybridized carbons (Fsp3) is 0.400. The number of thiophene rings is 2. The highest BCUT2D eigenvalue weighted by Gasteiger charge is 2.19. The van der Waals surface area contributed by atoms with Crippen molar-refractivity contribution in [3.63, 3.8) is 0 Å². The zero-order valence-electron chi connectivity index (χ0n) is 18.7. The Bertz CT molecular complexity index is 993. The lowest BCUT2D eigenvalue weighted by atomic mass is 10.2. The third-order valence-electron chi connectivity index (χ3n) is 3.10. The highest BCUT2D eigenvalue weighted by molar-refractivity contribution is 7.09. The van der Waals surface area contributed by atoms with Crippen LogP contribution in [0.2, 0.25) is 0 Å². The van der Waals surface area contributed by atoms with Gasteiger partial charge in [-0.1, -0.05) is 5.16 Å². The van der Waals surface area contributed by atoms with Crippen LogP contribution in [0.1, 0.15) is 52.7 Å². The molecule has 2 aromatic heterocycles. The maximum atomic E-state index is 11.5. The van der Waals surface area contributed by atoms with Crippen molar-refractivity contribution < 1.29 is 24.3 Å². The molecule has 0 bridgehead atoms. The SMILES string of the molecule is CC(C)(C)OC(=O)Nc1cscc1/C(N)=N/O.CC(C)(C)OC(=O)Nc1cscc1C#N. The summed E-state index contributed by atoms with van der Waals surface area (Å²) in [6.07, 6.45) is -1.12. The summed E-state index contributed by atoms with van der Waals surface area (Å²) in [5.74, 6) is -0.0580. The van der Waals surface area contributed by atoms with Crippen LogP contribution < -0.4 is 16.4 Å². The van der Waals surface area contributed by atoms with E-state index in [1.54, 1.807) is 63.1 Å². The molecule has 0 saturated carbocycles. The minimum Gasteiger partial charge on any atom is -0.444 e. The third-order valence-corrected chi connectivity index (χ3v) is 4.59. The van der Waals surface area contributed by atoms with E-state index in [1.807, 2.05) is 6.07 Å². The lowest BCUT2D eigenvalue weighted by Crippen LogP contribution is -2.27. The Labute approximate surface area is 194 Å². The Hall–Kier alpha value is -3.30. The summed E-state index contributed by atoms with van der Waals surface area (Å²) in [5, 5.41) is 32.0. The van der Waals surface area contributed by atoms with Crippen LogP contribution in [-0.4, -0.2) is 34.4 Å². The predicted molar refractivity (Wildman–Crippen MR) is 126 cm³/mol. The van der Waals surface area contributed by atoms with Gasteiger partial charge in [-0.05, 0) is 41.5 Å². The second-order valence-electron chi connectivity index (χ2n) is 8.25. The van der Waals surface area contributed by atoms with Crippen molar-refractivity contribution in [3.05, 3.63) is 32.6 Å². The van der Waals surface area contributed by atoms with Gasteiger partial charge in [0.1, 0.15) is 17.3 Å². The van der Waals surface area contributed by atoms with E-state index in [9.17, 15) is 9.59 Å².